The van der Waals surface area contributed by atoms with Crippen LogP contribution in [0, 0.1) is 0 Å². The van der Waals surface area contributed by atoms with E-state index in [0.717, 1.165) is 4.47 Å². The first-order chi connectivity index (χ1) is 9.73. The first-order valence-electron chi connectivity index (χ1n) is 7.47. The van der Waals surface area contributed by atoms with E-state index < -0.39 is 0 Å². The number of carbonyl (C=O) groups is 1. The fourth-order valence-corrected chi connectivity index (χ4v) is 2.89. The lowest BCUT2D eigenvalue weighted by Crippen LogP contribution is -2.44. The van der Waals surface area contributed by atoms with Crippen LogP contribution in [-0.2, 0) is 4.79 Å². The maximum Gasteiger partial charge on any atom is 0.260 e. The van der Waals surface area contributed by atoms with Crippen LogP contribution in [0.2, 0.25) is 0 Å². The molecule has 3 nitrogen and oxygen atoms in total. The van der Waals surface area contributed by atoms with Gasteiger partial charge in [0.2, 0.25) is 0 Å². The third-order valence-electron chi connectivity index (χ3n) is 3.37. The molecule has 4 heteroatoms. The summed E-state index contributed by atoms with van der Waals surface area (Å²) in [5, 5.41) is 0. The summed E-state index contributed by atoms with van der Waals surface area (Å²) in [6.07, 6.45) is 0. The van der Waals surface area contributed by atoms with Crippen LogP contribution >= 0.6 is 15.9 Å². The van der Waals surface area contributed by atoms with E-state index in [9.17, 15) is 4.79 Å². The van der Waals surface area contributed by atoms with E-state index in [2.05, 4.69) is 29.8 Å². The predicted molar refractivity (Wildman–Crippen MR) is 90.8 cm³/mol. The normalized spacial score (nSPS) is 11.3. The van der Waals surface area contributed by atoms with Crippen molar-refractivity contribution in [3.63, 3.8) is 0 Å². The highest BCUT2D eigenvalue weighted by molar-refractivity contribution is 9.10. The molecule has 21 heavy (non-hydrogen) atoms. The van der Waals surface area contributed by atoms with Gasteiger partial charge >= 0.3 is 0 Å². The van der Waals surface area contributed by atoms with Crippen molar-refractivity contribution < 1.29 is 9.53 Å². The molecule has 0 fully saturated rings. The summed E-state index contributed by atoms with van der Waals surface area (Å²) in [5.41, 5.74) is 1.24. The molecule has 118 valence electrons. The van der Waals surface area contributed by atoms with Gasteiger partial charge in [-0.25, -0.2) is 0 Å². The summed E-state index contributed by atoms with van der Waals surface area (Å²) in [7, 11) is 0. The third kappa shape index (κ3) is 5.03. The number of hydrogen-bond donors (Lipinski definition) is 0. The van der Waals surface area contributed by atoms with Gasteiger partial charge in [-0.2, -0.15) is 0 Å². The minimum atomic E-state index is 0.0137. The highest BCUT2D eigenvalue weighted by Gasteiger charge is 2.20. The molecule has 0 aliphatic heterocycles. The highest BCUT2D eigenvalue weighted by atomic mass is 79.9. The number of nitrogens with zero attached hydrogens (tertiary/aromatic N) is 1. The van der Waals surface area contributed by atoms with Gasteiger partial charge < -0.3 is 9.64 Å². The molecule has 1 amide bonds. The lowest BCUT2D eigenvalue weighted by Gasteiger charge is -2.30. The Balaban J connectivity index is 2.73. The van der Waals surface area contributed by atoms with E-state index in [1.165, 1.54) is 5.56 Å². The molecule has 0 atom stereocenters. The zero-order valence-corrected chi connectivity index (χ0v) is 15.4. The number of rotatable bonds is 6. The van der Waals surface area contributed by atoms with E-state index >= 15 is 0 Å². The second-order valence-electron chi connectivity index (χ2n) is 6.12. The average Bonchev–Trinajstić information content (AvgIpc) is 2.36. The zero-order chi connectivity index (χ0) is 16.2. The van der Waals surface area contributed by atoms with Gasteiger partial charge in [0.1, 0.15) is 5.75 Å². The summed E-state index contributed by atoms with van der Waals surface area (Å²) in [4.78, 5) is 14.1. The van der Waals surface area contributed by atoms with E-state index in [4.69, 9.17) is 4.74 Å². The molecule has 0 aliphatic rings. The number of carbonyl (C=O) groups excluding carboxylic acids is 1. The number of hydrogen-bond acceptors (Lipinski definition) is 2. The maximum absolute atomic E-state index is 12.3. The van der Waals surface area contributed by atoms with Crippen LogP contribution in [0.4, 0.5) is 0 Å². The SMILES string of the molecule is CC(C)c1ccc(OCC(=O)N(C(C)C)C(C)C)c(Br)c1. The van der Waals surface area contributed by atoms with Crippen LogP contribution in [0.1, 0.15) is 53.0 Å². The number of amides is 1. The van der Waals surface area contributed by atoms with Crippen LogP contribution in [0.25, 0.3) is 0 Å². The Morgan fingerprint density at radius 3 is 2.14 bits per heavy atom. The Bertz CT molecular complexity index is 476. The van der Waals surface area contributed by atoms with Gasteiger partial charge in [0, 0.05) is 12.1 Å². The van der Waals surface area contributed by atoms with Crippen molar-refractivity contribution in [2.75, 3.05) is 6.61 Å². The molecule has 0 radical (unpaired) electrons. The molecule has 0 aromatic heterocycles. The molecule has 0 saturated carbocycles. The Hall–Kier alpha value is -1.03. The quantitative estimate of drug-likeness (QED) is 0.746. The van der Waals surface area contributed by atoms with Crippen LogP contribution in [0.5, 0.6) is 5.75 Å². The molecule has 0 heterocycles. The number of halogens is 1. The van der Waals surface area contributed by atoms with Crippen molar-refractivity contribution in [1.82, 2.24) is 4.90 Å². The summed E-state index contributed by atoms with van der Waals surface area (Å²) in [5.74, 6) is 1.19. The van der Waals surface area contributed by atoms with Gasteiger partial charge in [-0.1, -0.05) is 19.9 Å². The van der Waals surface area contributed by atoms with Gasteiger partial charge in [0.05, 0.1) is 4.47 Å². The molecule has 0 unspecified atom stereocenters. The fraction of sp³-hybridized carbons (Fsp3) is 0.588. The van der Waals surface area contributed by atoms with E-state index in [1.807, 2.05) is 50.8 Å². The van der Waals surface area contributed by atoms with Crippen molar-refractivity contribution >= 4 is 21.8 Å². The smallest absolute Gasteiger partial charge is 0.260 e. The number of ether oxygens (including phenoxy) is 1. The lowest BCUT2D eigenvalue weighted by molar-refractivity contribution is -0.137. The van der Waals surface area contributed by atoms with Crippen molar-refractivity contribution in [3.05, 3.63) is 28.2 Å². The minimum absolute atomic E-state index is 0.0137. The zero-order valence-electron chi connectivity index (χ0n) is 13.8. The van der Waals surface area contributed by atoms with E-state index in [-0.39, 0.29) is 24.6 Å². The van der Waals surface area contributed by atoms with Gasteiger partial charge in [-0.3, -0.25) is 4.79 Å². The molecule has 0 spiro atoms. The monoisotopic (exact) mass is 355 g/mol. The Labute approximate surface area is 136 Å². The first-order valence-corrected chi connectivity index (χ1v) is 8.26. The van der Waals surface area contributed by atoms with Gasteiger partial charge in [0.15, 0.2) is 6.61 Å². The molecule has 0 N–H and O–H groups in total. The fourth-order valence-electron chi connectivity index (χ4n) is 2.38. The average molecular weight is 356 g/mol. The topological polar surface area (TPSA) is 29.5 Å². The Morgan fingerprint density at radius 1 is 1.14 bits per heavy atom. The van der Waals surface area contributed by atoms with Crippen molar-refractivity contribution in [1.29, 1.82) is 0 Å². The Morgan fingerprint density at radius 2 is 1.71 bits per heavy atom. The van der Waals surface area contributed by atoms with Crippen LogP contribution in [0.15, 0.2) is 22.7 Å². The maximum atomic E-state index is 12.3. The molecule has 1 aromatic carbocycles. The Kier molecular flexibility index (Phi) is 6.72. The lowest BCUT2D eigenvalue weighted by atomic mass is 10.0. The largest absolute Gasteiger partial charge is 0.483 e. The summed E-state index contributed by atoms with van der Waals surface area (Å²) >= 11 is 3.51. The molecule has 0 bridgehead atoms. The second-order valence-corrected chi connectivity index (χ2v) is 6.98. The summed E-state index contributed by atoms with van der Waals surface area (Å²) in [6, 6.07) is 6.35. The molecule has 0 aliphatic carbocycles. The van der Waals surface area contributed by atoms with Crippen LogP contribution < -0.4 is 4.74 Å². The molecule has 0 saturated heterocycles. The highest BCUT2D eigenvalue weighted by Crippen LogP contribution is 2.29. The standard InChI is InChI=1S/C17H26BrNO2/c1-11(2)14-7-8-16(15(18)9-14)21-10-17(20)19(12(3)4)13(5)6/h7-9,11-13H,10H2,1-6H3. The first kappa shape index (κ1) is 18.0. The third-order valence-corrected chi connectivity index (χ3v) is 3.99. The second kappa shape index (κ2) is 7.83. The summed E-state index contributed by atoms with van der Waals surface area (Å²) < 4.78 is 6.57. The molecular formula is C17H26BrNO2. The van der Waals surface area contributed by atoms with Crippen LogP contribution in [-0.4, -0.2) is 29.5 Å². The van der Waals surface area contributed by atoms with Gasteiger partial charge in [-0.05, 0) is 67.2 Å². The molecule has 1 rings (SSSR count). The van der Waals surface area contributed by atoms with Crippen molar-refractivity contribution in [2.45, 2.75) is 59.5 Å². The number of benzene rings is 1. The molecule has 1 aromatic rings. The van der Waals surface area contributed by atoms with Crippen LogP contribution in [0.3, 0.4) is 0 Å². The summed E-state index contributed by atoms with van der Waals surface area (Å²) in [6.45, 7) is 12.4. The minimum Gasteiger partial charge on any atom is -0.483 e. The molecular weight excluding hydrogens is 330 g/mol. The van der Waals surface area contributed by atoms with E-state index in [1.54, 1.807) is 0 Å². The van der Waals surface area contributed by atoms with E-state index in [0.29, 0.717) is 11.7 Å². The predicted octanol–water partition coefficient (Wildman–Crippen LogP) is 4.60. The van der Waals surface area contributed by atoms with Crippen molar-refractivity contribution in [3.8, 4) is 5.75 Å². The van der Waals surface area contributed by atoms with Gasteiger partial charge in [0.25, 0.3) is 5.91 Å². The van der Waals surface area contributed by atoms with Crippen molar-refractivity contribution in [2.24, 2.45) is 0 Å². The van der Waals surface area contributed by atoms with Gasteiger partial charge in [-0.15, -0.1) is 0 Å².